The van der Waals surface area contributed by atoms with Crippen molar-refractivity contribution >= 4 is 17.3 Å². The predicted octanol–water partition coefficient (Wildman–Crippen LogP) is 2.25. The van der Waals surface area contributed by atoms with Gasteiger partial charge < -0.3 is 16.0 Å². The van der Waals surface area contributed by atoms with Gasteiger partial charge in [-0.05, 0) is 43.9 Å². The molecular formula is C15H23N3O. The number of hydrogen-bond acceptors (Lipinski definition) is 3. The summed E-state index contributed by atoms with van der Waals surface area (Å²) in [4.78, 5) is 14.3. The lowest BCUT2D eigenvalue weighted by Gasteiger charge is -2.40. The number of benzene rings is 1. The molecule has 0 saturated carbocycles. The molecule has 1 aliphatic heterocycles. The fourth-order valence-electron chi connectivity index (χ4n) is 2.79. The highest BCUT2D eigenvalue weighted by Crippen LogP contribution is 2.32. The Hall–Kier alpha value is -1.71. The lowest BCUT2D eigenvalue weighted by atomic mass is 9.91. The molecule has 4 nitrogen and oxygen atoms in total. The summed E-state index contributed by atoms with van der Waals surface area (Å²) in [5, 5.41) is 2.70. The van der Waals surface area contributed by atoms with Crippen LogP contribution in [0.4, 0.5) is 11.4 Å². The van der Waals surface area contributed by atoms with E-state index in [0.717, 1.165) is 18.7 Å². The number of anilines is 2. The standard InChI is InChI=1S/C15H23N3O/c1-10-5-4-8-18(11(10)2)14-9-12(16)6-7-13(14)15(19)17-3/h6-7,9-11H,4-5,8,16H2,1-3H3,(H,17,19). The summed E-state index contributed by atoms with van der Waals surface area (Å²) >= 11 is 0. The molecule has 2 rings (SSSR count). The third-order valence-corrected chi connectivity index (χ3v) is 4.18. The van der Waals surface area contributed by atoms with Gasteiger partial charge in [-0.15, -0.1) is 0 Å². The van der Waals surface area contributed by atoms with Crippen molar-refractivity contribution in [3.8, 4) is 0 Å². The zero-order valence-corrected chi connectivity index (χ0v) is 11.9. The number of nitrogen functional groups attached to an aromatic ring is 1. The Kier molecular flexibility index (Phi) is 3.98. The summed E-state index contributed by atoms with van der Waals surface area (Å²) in [5.74, 6) is 0.577. The van der Waals surface area contributed by atoms with Crippen LogP contribution < -0.4 is 16.0 Å². The van der Waals surface area contributed by atoms with Crippen molar-refractivity contribution in [2.75, 3.05) is 24.2 Å². The largest absolute Gasteiger partial charge is 0.399 e. The second kappa shape index (κ2) is 5.51. The highest BCUT2D eigenvalue weighted by molar-refractivity contribution is 6.00. The quantitative estimate of drug-likeness (QED) is 0.803. The Bertz CT molecular complexity index is 472. The number of carbonyl (C=O) groups excluding carboxylic acids is 1. The SMILES string of the molecule is CNC(=O)c1ccc(N)cc1N1CCCC(C)C1C. The molecule has 104 valence electrons. The fraction of sp³-hybridized carbons (Fsp3) is 0.533. The second-order valence-corrected chi connectivity index (χ2v) is 5.41. The van der Waals surface area contributed by atoms with Crippen LogP contribution in [0, 0.1) is 5.92 Å². The van der Waals surface area contributed by atoms with Gasteiger partial charge in [0, 0.05) is 25.3 Å². The number of carbonyl (C=O) groups is 1. The minimum Gasteiger partial charge on any atom is -0.399 e. The number of nitrogens with two attached hydrogens (primary N) is 1. The lowest BCUT2D eigenvalue weighted by Crippen LogP contribution is -2.43. The molecule has 1 aromatic carbocycles. The molecule has 2 unspecified atom stereocenters. The summed E-state index contributed by atoms with van der Waals surface area (Å²) in [6, 6.07) is 5.94. The number of hydrogen-bond donors (Lipinski definition) is 2. The van der Waals surface area contributed by atoms with E-state index in [2.05, 4.69) is 24.1 Å². The minimum atomic E-state index is -0.0552. The molecule has 1 heterocycles. The summed E-state index contributed by atoms with van der Waals surface area (Å²) in [5.41, 5.74) is 8.26. The van der Waals surface area contributed by atoms with Crippen molar-refractivity contribution in [3.05, 3.63) is 23.8 Å². The molecule has 0 aromatic heterocycles. The smallest absolute Gasteiger partial charge is 0.253 e. The van der Waals surface area contributed by atoms with Gasteiger partial charge >= 0.3 is 0 Å². The number of nitrogens with zero attached hydrogens (tertiary/aromatic N) is 1. The van der Waals surface area contributed by atoms with E-state index >= 15 is 0 Å². The lowest BCUT2D eigenvalue weighted by molar-refractivity contribution is 0.0963. The van der Waals surface area contributed by atoms with Crippen LogP contribution in [0.1, 0.15) is 37.0 Å². The van der Waals surface area contributed by atoms with Gasteiger partial charge in [0.25, 0.3) is 5.91 Å². The first-order valence-electron chi connectivity index (χ1n) is 6.93. The fourth-order valence-corrected chi connectivity index (χ4v) is 2.79. The van der Waals surface area contributed by atoms with Gasteiger partial charge in [0.05, 0.1) is 11.3 Å². The third-order valence-electron chi connectivity index (χ3n) is 4.18. The maximum atomic E-state index is 12.0. The minimum absolute atomic E-state index is 0.0552. The Morgan fingerprint density at radius 2 is 2.16 bits per heavy atom. The molecular weight excluding hydrogens is 238 g/mol. The van der Waals surface area contributed by atoms with Gasteiger partial charge in [-0.1, -0.05) is 6.92 Å². The molecule has 0 aliphatic carbocycles. The summed E-state index contributed by atoms with van der Waals surface area (Å²) in [7, 11) is 1.66. The van der Waals surface area contributed by atoms with E-state index in [-0.39, 0.29) is 5.91 Å². The Morgan fingerprint density at radius 1 is 1.42 bits per heavy atom. The Balaban J connectivity index is 2.42. The van der Waals surface area contributed by atoms with Crippen molar-refractivity contribution in [1.29, 1.82) is 0 Å². The van der Waals surface area contributed by atoms with Crippen molar-refractivity contribution < 1.29 is 4.79 Å². The van der Waals surface area contributed by atoms with Gasteiger partial charge in [0.15, 0.2) is 0 Å². The van der Waals surface area contributed by atoms with E-state index in [9.17, 15) is 4.79 Å². The molecule has 1 fully saturated rings. The maximum absolute atomic E-state index is 12.0. The van der Waals surface area contributed by atoms with Gasteiger partial charge in [0.2, 0.25) is 0 Å². The monoisotopic (exact) mass is 261 g/mol. The number of piperidine rings is 1. The summed E-state index contributed by atoms with van der Waals surface area (Å²) < 4.78 is 0. The highest BCUT2D eigenvalue weighted by atomic mass is 16.1. The first-order valence-corrected chi connectivity index (χ1v) is 6.93. The maximum Gasteiger partial charge on any atom is 0.253 e. The molecule has 1 aliphatic rings. The van der Waals surface area contributed by atoms with E-state index in [4.69, 9.17) is 5.73 Å². The Morgan fingerprint density at radius 3 is 2.84 bits per heavy atom. The third kappa shape index (κ3) is 2.67. The van der Waals surface area contributed by atoms with E-state index in [0.29, 0.717) is 23.2 Å². The molecule has 1 amide bonds. The number of amides is 1. The molecule has 1 aromatic rings. The van der Waals surface area contributed by atoms with Crippen molar-refractivity contribution in [2.45, 2.75) is 32.7 Å². The van der Waals surface area contributed by atoms with E-state index in [1.807, 2.05) is 12.1 Å². The van der Waals surface area contributed by atoms with Crippen LogP contribution in [0.3, 0.4) is 0 Å². The molecule has 2 atom stereocenters. The van der Waals surface area contributed by atoms with Gasteiger partial charge in [-0.25, -0.2) is 0 Å². The van der Waals surface area contributed by atoms with E-state index in [1.54, 1.807) is 13.1 Å². The van der Waals surface area contributed by atoms with Gasteiger partial charge in [0.1, 0.15) is 0 Å². The molecule has 0 radical (unpaired) electrons. The zero-order valence-electron chi connectivity index (χ0n) is 11.9. The van der Waals surface area contributed by atoms with Crippen LogP contribution in [0.2, 0.25) is 0 Å². The van der Waals surface area contributed by atoms with E-state index in [1.165, 1.54) is 6.42 Å². The Labute approximate surface area is 115 Å². The van der Waals surface area contributed by atoms with Crippen LogP contribution in [0.15, 0.2) is 18.2 Å². The molecule has 4 heteroatoms. The number of nitrogens with one attached hydrogen (secondary N) is 1. The van der Waals surface area contributed by atoms with Crippen LogP contribution in [0.5, 0.6) is 0 Å². The second-order valence-electron chi connectivity index (χ2n) is 5.41. The number of rotatable bonds is 2. The summed E-state index contributed by atoms with van der Waals surface area (Å²) in [6.07, 6.45) is 2.41. The van der Waals surface area contributed by atoms with Crippen LogP contribution >= 0.6 is 0 Å². The average Bonchev–Trinajstić information content (AvgIpc) is 2.41. The van der Waals surface area contributed by atoms with Crippen LogP contribution in [0.25, 0.3) is 0 Å². The van der Waals surface area contributed by atoms with Crippen molar-refractivity contribution in [2.24, 2.45) is 5.92 Å². The van der Waals surface area contributed by atoms with Crippen LogP contribution in [-0.2, 0) is 0 Å². The first-order chi connectivity index (χ1) is 9.04. The van der Waals surface area contributed by atoms with Crippen molar-refractivity contribution in [3.63, 3.8) is 0 Å². The predicted molar refractivity (Wildman–Crippen MR) is 79.5 cm³/mol. The average molecular weight is 261 g/mol. The molecule has 19 heavy (non-hydrogen) atoms. The van der Waals surface area contributed by atoms with Gasteiger partial charge in [-0.3, -0.25) is 4.79 Å². The van der Waals surface area contributed by atoms with Crippen LogP contribution in [-0.4, -0.2) is 25.5 Å². The molecule has 0 spiro atoms. The normalized spacial score (nSPS) is 23.2. The first kappa shape index (κ1) is 13.7. The molecule has 1 saturated heterocycles. The van der Waals surface area contributed by atoms with Gasteiger partial charge in [-0.2, -0.15) is 0 Å². The van der Waals surface area contributed by atoms with E-state index < -0.39 is 0 Å². The zero-order chi connectivity index (χ0) is 14.0. The molecule has 3 N–H and O–H groups in total. The highest BCUT2D eigenvalue weighted by Gasteiger charge is 2.27. The summed E-state index contributed by atoms with van der Waals surface area (Å²) in [6.45, 7) is 5.47. The molecule has 0 bridgehead atoms. The van der Waals surface area contributed by atoms with Crippen molar-refractivity contribution in [1.82, 2.24) is 5.32 Å². The topological polar surface area (TPSA) is 58.4 Å².